The molecule has 0 amide bonds. The fourth-order valence-electron chi connectivity index (χ4n) is 2.89. The number of carbonyl (C=O) groups excluding carboxylic acids is 1. The van der Waals surface area contributed by atoms with Crippen LogP contribution < -0.4 is 10.1 Å². The van der Waals surface area contributed by atoms with Crippen molar-refractivity contribution in [3.05, 3.63) is 48.5 Å². The number of hydrogen-bond donors (Lipinski definition) is 1. The number of benzene rings is 2. The molecule has 7 nitrogen and oxygen atoms in total. The topological polar surface area (TPSA) is 90.9 Å². The lowest BCUT2D eigenvalue weighted by Crippen LogP contribution is -2.56. The number of methoxy groups -OCH3 is 3. The van der Waals surface area contributed by atoms with Gasteiger partial charge in [0.05, 0.1) is 25.5 Å². The highest BCUT2D eigenvalue weighted by atomic mass is 32.2. The van der Waals surface area contributed by atoms with Crippen LogP contribution in [0.4, 0.5) is 0 Å². The van der Waals surface area contributed by atoms with Crippen molar-refractivity contribution in [3.63, 3.8) is 0 Å². The molecule has 0 saturated heterocycles. The molecule has 0 aromatic heterocycles. The zero-order chi connectivity index (χ0) is 22.2. The van der Waals surface area contributed by atoms with Crippen LogP contribution in [0, 0.1) is 11.8 Å². The summed E-state index contributed by atoms with van der Waals surface area (Å²) in [5.41, 5.74) is 1.72. The molecule has 0 aliphatic rings. The van der Waals surface area contributed by atoms with Crippen molar-refractivity contribution in [3.8, 4) is 28.7 Å². The summed E-state index contributed by atoms with van der Waals surface area (Å²) in [4.78, 5) is 10.5. The van der Waals surface area contributed by atoms with E-state index in [-0.39, 0.29) is 17.9 Å². The van der Waals surface area contributed by atoms with Crippen LogP contribution in [0.1, 0.15) is 6.42 Å². The van der Waals surface area contributed by atoms with Gasteiger partial charge in [-0.1, -0.05) is 36.1 Å². The Morgan fingerprint density at radius 3 is 2.00 bits per heavy atom. The maximum absolute atomic E-state index is 13.4. The molecule has 0 aliphatic heterocycles. The summed E-state index contributed by atoms with van der Waals surface area (Å²) < 4.78 is 41.6. The Hall–Kier alpha value is -2.86. The van der Waals surface area contributed by atoms with Crippen molar-refractivity contribution in [2.45, 2.75) is 16.2 Å². The highest BCUT2D eigenvalue weighted by Gasteiger charge is 2.51. The molecule has 0 radical (unpaired) electrons. The number of rotatable bonds is 8. The Labute approximate surface area is 177 Å². The molecular weight excluding hydrogens is 406 g/mol. The normalized spacial score (nSPS) is 12.9. The SMILES string of the molecule is CNC(CC#CCOC)(C(=O)OC)S(=O)(=O)c1ccc(-c2ccc(OC)cc2)cc1. The molecule has 2 rings (SSSR count). The molecule has 1 unspecified atom stereocenters. The molecule has 160 valence electrons. The molecule has 0 bridgehead atoms. The van der Waals surface area contributed by atoms with E-state index >= 15 is 0 Å². The Balaban J connectivity index is 2.44. The van der Waals surface area contributed by atoms with E-state index in [1.165, 1.54) is 26.3 Å². The van der Waals surface area contributed by atoms with Gasteiger partial charge in [-0.25, -0.2) is 13.2 Å². The van der Waals surface area contributed by atoms with Gasteiger partial charge in [-0.2, -0.15) is 0 Å². The smallest absolute Gasteiger partial charge is 0.343 e. The van der Waals surface area contributed by atoms with E-state index in [1.54, 1.807) is 19.2 Å². The van der Waals surface area contributed by atoms with Crippen LogP contribution in [0.3, 0.4) is 0 Å². The van der Waals surface area contributed by atoms with Crippen LogP contribution >= 0.6 is 0 Å². The highest BCUT2D eigenvalue weighted by molar-refractivity contribution is 7.93. The van der Waals surface area contributed by atoms with Gasteiger partial charge < -0.3 is 14.2 Å². The fourth-order valence-corrected chi connectivity index (χ4v) is 4.62. The number of carbonyl (C=O) groups is 1. The molecule has 0 spiro atoms. The van der Waals surface area contributed by atoms with E-state index < -0.39 is 20.7 Å². The zero-order valence-electron chi connectivity index (χ0n) is 17.4. The van der Waals surface area contributed by atoms with Crippen LogP contribution in [-0.2, 0) is 24.1 Å². The van der Waals surface area contributed by atoms with Crippen LogP contribution in [0.15, 0.2) is 53.4 Å². The van der Waals surface area contributed by atoms with Crippen molar-refractivity contribution < 1.29 is 27.4 Å². The van der Waals surface area contributed by atoms with Crippen molar-refractivity contribution in [1.82, 2.24) is 5.32 Å². The fraction of sp³-hybridized carbons (Fsp3) is 0.318. The van der Waals surface area contributed by atoms with Gasteiger partial charge in [0.15, 0.2) is 0 Å². The molecule has 0 heterocycles. The third kappa shape index (κ3) is 4.65. The molecule has 0 saturated carbocycles. The summed E-state index contributed by atoms with van der Waals surface area (Å²) >= 11 is 0. The number of esters is 1. The monoisotopic (exact) mass is 431 g/mol. The maximum Gasteiger partial charge on any atom is 0.343 e. The second-order valence-corrected chi connectivity index (χ2v) is 8.46. The Morgan fingerprint density at radius 1 is 0.967 bits per heavy atom. The minimum absolute atomic E-state index is 0.0203. The summed E-state index contributed by atoms with van der Waals surface area (Å²) in [7, 11) is 1.42. The summed E-state index contributed by atoms with van der Waals surface area (Å²) in [5, 5.41) is 2.62. The predicted octanol–water partition coefficient (Wildman–Crippen LogP) is 2.26. The van der Waals surface area contributed by atoms with E-state index in [0.29, 0.717) is 0 Å². The first kappa shape index (κ1) is 23.4. The number of sulfone groups is 1. The lowest BCUT2D eigenvalue weighted by molar-refractivity contribution is -0.144. The molecule has 0 aliphatic carbocycles. The van der Waals surface area contributed by atoms with Gasteiger partial charge in [-0.3, -0.25) is 5.32 Å². The number of hydrogen-bond acceptors (Lipinski definition) is 7. The first-order valence-electron chi connectivity index (χ1n) is 9.07. The summed E-state index contributed by atoms with van der Waals surface area (Å²) in [5.74, 6) is 5.15. The molecule has 0 fully saturated rings. The van der Waals surface area contributed by atoms with Crippen LogP contribution in [-0.4, -0.2) is 54.2 Å². The molecule has 1 atom stereocenters. The highest BCUT2D eigenvalue weighted by Crippen LogP contribution is 2.30. The van der Waals surface area contributed by atoms with Crippen molar-refractivity contribution >= 4 is 15.8 Å². The van der Waals surface area contributed by atoms with Gasteiger partial charge in [0, 0.05) is 7.11 Å². The summed E-state index contributed by atoms with van der Waals surface area (Å²) in [6.07, 6.45) is -0.290. The quantitative estimate of drug-likeness (QED) is 0.506. The molecule has 8 heteroatoms. The maximum atomic E-state index is 13.4. The third-order valence-electron chi connectivity index (χ3n) is 4.64. The second-order valence-electron chi connectivity index (χ2n) is 6.29. The largest absolute Gasteiger partial charge is 0.497 e. The summed E-state index contributed by atoms with van der Waals surface area (Å²) in [6.45, 7) is 0.123. The number of ether oxygens (including phenoxy) is 3. The van der Waals surface area contributed by atoms with E-state index in [2.05, 4.69) is 17.2 Å². The van der Waals surface area contributed by atoms with Gasteiger partial charge in [0.2, 0.25) is 14.7 Å². The zero-order valence-corrected chi connectivity index (χ0v) is 18.2. The van der Waals surface area contributed by atoms with E-state index in [4.69, 9.17) is 14.2 Å². The predicted molar refractivity (Wildman–Crippen MR) is 114 cm³/mol. The van der Waals surface area contributed by atoms with Crippen molar-refractivity contribution in [1.29, 1.82) is 0 Å². The van der Waals surface area contributed by atoms with Crippen LogP contribution in [0.2, 0.25) is 0 Å². The van der Waals surface area contributed by atoms with E-state index in [9.17, 15) is 13.2 Å². The van der Waals surface area contributed by atoms with Gasteiger partial charge in [-0.05, 0) is 42.4 Å². The first-order valence-corrected chi connectivity index (χ1v) is 10.6. The first-order chi connectivity index (χ1) is 14.4. The van der Waals surface area contributed by atoms with Gasteiger partial charge in [0.1, 0.15) is 12.4 Å². The van der Waals surface area contributed by atoms with E-state index in [1.807, 2.05) is 24.3 Å². The minimum atomic E-state index is -4.17. The second kappa shape index (κ2) is 10.3. The Morgan fingerprint density at radius 2 is 1.53 bits per heavy atom. The van der Waals surface area contributed by atoms with Gasteiger partial charge >= 0.3 is 5.97 Å². The van der Waals surface area contributed by atoms with Crippen LogP contribution in [0.25, 0.3) is 11.1 Å². The van der Waals surface area contributed by atoms with Gasteiger partial charge in [0.25, 0.3) is 0 Å². The van der Waals surface area contributed by atoms with E-state index in [0.717, 1.165) is 24.0 Å². The molecule has 2 aromatic rings. The van der Waals surface area contributed by atoms with Crippen molar-refractivity contribution in [2.24, 2.45) is 0 Å². The average molecular weight is 432 g/mol. The lowest BCUT2D eigenvalue weighted by Gasteiger charge is -2.28. The molecule has 2 aromatic carbocycles. The number of nitrogens with one attached hydrogen (secondary N) is 1. The molecular formula is C22H25NO6S. The standard InChI is InChI=1S/C22H25NO6S/c1-23-22(21(24)29-4,15-5-6-16-27-2)30(25,26)20-13-9-18(10-14-20)17-7-11-19(28-3)12-8-17/h7-14,23H,15-16H2,1-4H3. The average Bonchev–Trinajstić information content (AvgIpc) is 2.79. The Bertz CT molecular complexity index is 1020. The molecule has 1 N–H and O–H groups in total. The van der Waals surface area contributed by atoms with Crippen LogP contribution in [0.5, 0.6) is 5.75 Å². The number of likely N-dealkylation sites (N-methyl/N-ethyl adjacent to an activating group) is 1. The van der Waals surface area contributed by atoms with Gasteiger partial charge in [-0.15, -0.1) is 0 Å². The minimum Gasteiger partial charge on any atom is -0.497 e. The Kier molecular flexibility index (Phi) is 8.00. The lowest BCUT2D eigenvalue weighted by atomic mass is 10.1. The van der Waals surface area contributed by atoms with Crippen molar-refractivity contribution in [2.75, 3.05) is 35.0 Å². The molecule has 30 heavy (non-hydrogen) atoms. The summed E-state index contributed by atoms with van der Waals surface area (Å²) in [6, 6.07) is 13.7. The third-order valence-corrected chi connectivity index (χ3v) is 6.97.